The average molecular weight is 158 g/mol. The minimum Gasteiger partial charge on any atom is -0.550 e. The van der Waals surface area contributed by atoms with Crippen LogP contribution in [0.15, 0.2) is 12.3 Å². The Morgan fingerprint density at radius 2 is 1.90 bits per heavy atom. The Balaban J connectivity index is 3.34. The molecule has 0 amide bonds. The van der Waals surface area contributed by atoms with Crippen LogP contribution in [0.4, 0.5) is 0 Å². The Morgan fingerprint density at radius 3 is 2.30 bits per heavy atom. The first-order valence-corrected chi connectivity index (χ1v) is 7.30. The molecule has 0 aliphatic heterocycles. The second-order valence-corrected chi connectivity index (χ2v) is 7.85. The van der Waals surface area contributed by atoms with Crippen molar-refractivity contribution in [1.82, 2.24) is 0 Å². The molecule has 0 aliphatic carbocycles. The van der Waals surface area contributed by atoms with Crippen LogP contribution in [0.2, 0.25) is 19.6 Å². The Labute approximate surface area is 65.2 Å². The van der Waals surface area contributed by atoms with Crippen molar-refractivity contribution >= 4 is 8.32 Å². The molecule has 0 atom stereocenters. The molecule has 0 rings (SSSR count). The van der Waals surface area contributed by atoms with Crippen LogP contribution >= 0.6 is 0 Å². The smallest absolute Gasteiger partial charge is 0.241 e. The number of hydrogen-bond acceptors (Lipinski definition) is 1. The van der Waals surface area contributed by atoms with Gasteiger partial charge in [-0.2, -0.15) is 0 Å². The van der Waals surface area contributed by atoms with Gasteiger partial charge in [0, 0.05) is 0 Å². The van der Waals surface area contributed by atoms with E-state index >= 15 is 0 Å². The molecule has 0 unspecified atom stereocenters. The second kappa shape index (κ2) is 4.55. The normalized spacial score (nSPS) is 12.4. The third-order valence-electron chi connectivity index (χ3n) is 0.973. The van der Waals surface area contributed by atoms with Gasteiger partial charge < -0.3 is 4.43 Å². The third-order valence-corrected chi connectivity index (χ3v) is 1.82. The van der Waals surface area contributed by atoms with Crippen LogP contribution < -0.4 is 0 Å². The molecule has 0 radical (unpaired) electrons. The van der Waals surface area contributed by atoms with Crippen molar-refractivity contribution in [2.24, 2.45) is 0 Å². The molecule has 1 nitrogen and oxygen atoms in total. The van der Waals surface area contributed by atoms with Gasteiger partial charge in [0.05, 0.1) is 6.26 Å². The Hall–Kier alpha value is -0.243. The summed E-state index contributed by atoms with van der Waals surface area (Å²) in [5, 5.41) is 0. The standard InChI is InChI=1S/C8H18OSi/c1-5-6-7-8-9-10(2,3)4/h7-8H,5-6H2,1-4H3. The van der Waals surface area contributed by atoms with Crippen LogP contribution in [-0.2, 0) is 4.43 Å². The molecule has 0 saturated heterocycles. The summed E-state index contributed by atoms with van der Waals surface area (Å²) in [7, 11) is -1.29. The molecule has 0 fully saturated rings. The summed E-state index contributed by atoms with van der Waals surface area (Å²) in [4.78, 5) is 0. The zero-order valence-corrected chi connectivity index (χ0v) is 8.48. The average Bonchev–Trinajstić information content (AvgIpc) is 1.78. The molecule has 0 heterocycles. The van der Waals surface area contributed by atoms with Crippen LogP contribution in [-0.4, -0.2) is 8.32 Å². The SMILES string of the molecule is CCCC=CO[Si](C)(C)C. The van der Waals surface area contributed by atoms with Gasteiger partial charge >= 0.3 is 0 Å². The van der Waals surface area contributed by atoms with E-state index in [1.165, 1.54) is 6.42 Å². The minimum atomic E-state index is -1.29. The van der Waals surface area contributed by atoms with Crippen molar-refractivity contribution in [3.63, 3.8) is 0 Å². The maximum absolute atomic E-state index is 5.49. The van der Waals surface area contributed by atoms with E-state index < -0.39 is 8.32 Å². The van der Waals surface area contributed by atoms with Gasteiger partial charge in [0.25, 0.3) is 0 Å². The van der Waals surface area contributed by atoms with Crippen molar-refractivity contribution in [2.75, 3.05) is 0 Å². The maximum atomic E-state index is 5.49. The lowest BCUT2D eigenvalue weighted by molar-refractivity contribution is 0.476. The molecule has 60 valence electrons. The second-order valence-electron chi connectivity index (χ2n) is 3.39. The van der Waals surface area contributed by atoms with Crippen LogP contribution in [0, 0.1) is 0 Å². The zero-order chi connectivity index (χ0) is 8.04. The fourth-order valence-corrected chi connectivity index (χ4v) is 0.991. The molecular formula is C8H18OSi. The Kier molecular flexibility index (Phi) is 4.44. The lowest BCUT2D eigenvalue weighted by atomic mass is 10.3. The van der Waals surface area contributed by atoms with Gasteiger partial charge in [-0.25, -0.2) is 0 Å². The predicted octanol–water partition coefficient (Wildman–Crippen LogP) is 3.15. The van der Waals surface area contributed by atoms with Crippen LogP contribution in [0.5, 0.6) is 0 Å². The molecule has 0 N–H and O–H groups in total. The molecular weight excluding hydrogens is 140 g/mol. The van der Waals surface area contributed by atoms with E-state index in [4.69, 9.17) is 4.43 Å². The summed E-state index contributed by atoms with van der Waals surface area (Å²) in [5.41, 5.74) is 0. The van der Waals surface area contributed by atoms with Gasteiger partial charge in [0.15, 0.2) is 0 Å². The first kappa shape index (κ1) is 9.76. The molecule has 0 saturated carbocycles. The molecule has 0 aromatic heterocycles. The lowest BCUT2D eigenvalue weighted by Gasteiger charge is -2.14. The van der Waals surface area contributed by atoms with Crippen molar-refractivity contribution in [3.8, 4) is 0 Å². The van der Waals surface area contributed by atoms with Crippen molar-refractivity contribution < 1.29 is 4.43 Å². The van der Waals surface area contributed by atoms with E-state index in [1.54, 1.807) is 0 Å². The van der Waals surface area contributed by atoms with Gasteiger partial charge in [-0.1, -0.05) is 19.4 Å². The Morgan fingerprint density at radius 1 is 1.30 bits per heavy atom. The monoisotopic (exact) mass is 158 g/mol. The molecule has 0 aromatic rings. The summed E-state index contributed by atoms with van der Waals surface area (Å²) >= 11 is 0. The Bertz CT molecular complexity index is 102. The van der Waals surface area contributed by atoms with Gasteiger partial charge in [0.2, 0.25) is 8.32 Å². The highest BCUT2D eigenvalue weighted by Gasteiger charge is 2.12. The van der Waals surface area contributed by atoms with Gasteiger partial charge in [-0.3, -0.25) is 0 Å². The number of unbranched alkanes of at least 4 members (excludes halogenated alkanes) is 1. The number of rotatable bonds is 4. The summed E-state index contributed by atoms with van der Waals surface area (Å²) in [6.45, 7) is 8.72. The largest absolute Gasteiger partial charge is 0.550 e. The predicted molar refractivity (Wildman–Crippen MR) is 48.5 cm³/mol. The zero-order valence-electron chi connectivity index (χ0n) is 7.48. The van der Waals surface area contributed by atoms with E-state index in [1.807, 2.05) is 6.26 Å². The van der Waals surface area contributed by atoms with E-state index in [-0.39, 0.29) is 0 Å². The molecule has 10 heavy (non-hydrogen) atoms. The van der Waals surface area contributed by atoms with Gasteiger partial charge in [0.1, 0.15) is 0 Å². The van der Waals surface area contributed by atoms with Crippen molar-refractivity contribution in [1.29, 1.82) is 0 Å². The lowest BCUT2D eigenvalue weighted by Crippen LogP contribution is -2.21. The van der Waals surface area contributed by atoms with Crippen LogP contribution in [0.3, 0.4) is 0 Å². The first-order valence-electron chi connectivity index (χ1n) is 3.89. The topological polar surface area (TPSA) is 9.23 Å². The van der Waals surface area contributed by atoms with E-state index in [2.05, 4.69) is 32.6 Å². The third kappa shape index (κ3) is 7.76. The summed E-state index contributed by atoms with van der Waals surface area (Å²) in [5.74, 6) is 0. The first-order chi connectivity index (χ1) is 4.56. The highest BCUT2D eigenvalue weighted by atomic mass is 28.4. The van der Waals surface area contributed by atoms with Crippen molar-refractivity contribution in [3.05, 3.63) is 12.3 Å². The molecule has 0 aromatic carbocycles. The van der Waals surface area contributed by atoms with E-state index in [0.717, 1.165) is 6.42 Å². The molecule has 2 heteroatoms. The van der Waals surface area contributed by atoms with E-state index in [0.29, 0.717) is 0 Å². The van der Waals surface area contributed by atoms with Crippen LogP contribution in [0.25, 0.3) is 0 Å². The summed E-state index contributed by atoms with van der Waals surface area (Å²) in [6, 6.07) is 0. The van der Waals surface area contributed by atoms with Crippen molar-refractivity contribution in [2.45, 2.75) is 39.4 Å². The quantitative estimate of drug-likeness (QED) is 0.451. The minimum absolute atomic E-state index is 1.13. The highest BCUT2D eigenvalue weighted by molar-refractivity contribution is 6.69. The van der Waals surface area contributed by atoms with Gasteiger partial charge in [-0.05, 0) is 26.1 Å². The highest BCUT2D eigenvalue weighted by Crippen LogP contribution is 2.03. The summed E-state index contributed by atoms with van der Waals surface area (Å²) in [6.07, 6.45) is 6.28. The number of allylic oxidation sites excluding steroid dienone is 1. The summed E-state index contributed by atoms with van der Waals surface area (Å²) < 4.78 is 5.49. The molecule has 0 bridgehead atoms. The van der Waals surface area contributed by atoms with Crippen LogP contribution in [0.1, 0.15) is 19.8 Å². The maximum Gasteiger partial charge on any atom is 0.241 e. The molecule has 0 aliphatic rings. The van der Waals surface area contributed by atoms with E-state index in [9.17, 15) is 0 Å². The fraction of sp³-hybridized carbons (Fsp3) is 0.750. The number of hydrogen-bond donors (Lipinski definition) is 0. The fourth-order valence-electron chi connectivity index (χ4n) is 0.487. The van der Waals surface area contributed by atoms with Gasteiger partial charge in [-0.15, -0.1) is 0 Å². The molecule has 0 spiro atoms.